The smallest absolute Gasteiger partial charge is 0.229 e. The van der Waals surface area contributed by atoms with Crippen molar-refractivity contribution in [3.8, 4) is 11.3 Å². The molecule has 0 spiro atoms. The molecule has 4 heteroatoms. The molecule has 0 radical (unpaired) electrons. The Morgan fingerprint density at radius 3 is 2.08 bits per heavy atom. The van der Waals surface area contributed by atoms with Crippen LogP contribution in [0.1, 0.15) is 13.8 Å². The summed E-state index contributed by atoms with van der Waals surface area (Å²) in [5, 5.41) is 3.31. The van der Waals surface area contributed by atoms with Gasteiger partial charge in [0.25, 0.3) is 0 Å². The molecule has 0 atom stereocenters. The third kappa shape index (κ3) is 3.71. The van der Waals surface area contributed by atoms with Gasteiger partial charge in [0.15, 0.2) is 0 Å². The van der Waals surface area contributed by atoms with Gasteiger partial charge in [0.2, 0.25) is 5.95 Å². The molecular weight excluding hydrogens is 296 g/mol. The zero-order valence-corrected chi connectivity index (χ0v) is 14.1. The van der Waals surface area contributed by atoms with Gasteiger partial charge in [0.05, 0.1) is 5.69 Å². The summed E-state index contributed by atoms with van der Waals surface area (Å²) in [5.41, 5.74) is 2.99. The number of nitrogens with one attached hydrogen (secondary N) is 1. The molecule has 2 aromatic carbocycles. The average molecular weight is 318 g/mol. The van der Waals surface area contributed by atoms with Crippen LogP contribution in [0, 0.1) is 0 Å². The second-order valence-electron chi connectivity index (χ2n) is 5.46. The molecule has 1 N–H and O–H groups in total. The van der Waals surface area contributed by atoms with Crippen molar-refractivity contribution in [3.05, 3.63) is 66.7 Å². The predicted molar refractivity (Wildman–Crippen MR) is 101 cm³/mol. The minimum atomic E-state index is 0.615. The zero-order valence-electron chi connectivity index (χ0n) is 14.1. The number of aromatic nitrogens is 2. The van der Waals surface area contributed by atoms with Crippen LogP contribution in [0.4, 0.5) is 17.5 Å². The van der Waals surface area contributed by atoms with Crippen LogP contribution < -0.4 is 10.2 Å². The molecule has 1 heterocycles. The number of nitrogens with zero attached hydrogens (tertiary/aromatic N) is 3. The lowest BCUT2D eigenvalue weighted by atomic mass is 10.1. The maximum Gasteiger partial charge on any atom is 0.229 e. The molecule has 122 valence electrons. The lowest BCUT2D eigenvalue weighted by molar-refractivity contribution is 0.843. The van der Waals surface area contributed by atoms with Crippen molar-refractivity contribution in [3.63, 3.8) is 0 Å². The van der Waals surface area contributed by atoms with Gasteiger partial charge in [-0.15, -0.1) is 0 Å². The highest BCUT2D eigenvalue weighted by molar-refractivity contribution is 5.66. The van der Waals surface area contributed by atoms with Gasteiger partial charge >= 0.3 is 0 Å². The van der Waals surface area contributed by atoms with Gasteiger partial charge in [-0.25, -0.2) is 4.98 Å². The van der Waals surface area contributed by atoms with E-state index in [4.69, 9.17) is 9.97 Å². The number of para-hydroxylation sites is 1. The van der Waals surface area contributed by atoms with Gasteiger partial charge in [-0.3, -0.25) is 0 Å². The Labute approximate surface area is 143 Å². The minimum absolute atomic E-state index is 0.615. The molecule has 3 aromatic rings. The summed E-state index contributed by atoms with van der Waals surface area (Å²) in [6.07, 6.45) is 0. The number of hydrogen-bond donors (Lipinski definition) is 1. The van der Waals surface area contributed by atoms with Gasteiger partial charge < -0.3 is 10.2 Å². The predicted octanol–water partition coefficient (Wildman–Crippen LogP) is 4.73. The van der Waals surface area contributed by atoms with E-state index in [-0.39, 0.29) is 0 Å². The average Bonchev–Trinajstić information content (AvgIpc) is 2.64. The second kappa shape index (κ2) is 7.59. The summed E-state index contributed by atoms with van der Waals surface area (Å²) in [6.45, 7) is 6.09. The van der Waals surface area contributed by atoms with Crippen molar-refractivity contribution >= 4 is 17.5 Å². The fourth-order valence-electron chi connectivity index (χ4n) is 2.61. The Hall–Kier alpha value is -2.88. The number of hydrogen-bond acceptors (Lipinski definition) is 4. The van der Waals surface area contributed by atoms with Crippen LogP contribution in [-0.4, -0.2) is 23.1 Å². The minimum Gasteiger partial charge on any atom is -0.357 e. The second-order valence-corrected chi connectivity index (χ2v) is 5.46. The summed E-state index contributed by atoms with van der Waals surface area (Å²) >= 11 is 0. The van der Waals surface area contributed by atoms with Gasteiger partial charge in [0, 0.05) is 30.4 Å². The van der Waals surface area contributed by atoms with Crippen molar-refractivity contribution in [1.82, 2.24) is 9.97 Å². The van der Waals surface area contributed by atoms with E-state index in [1.807, 2.05) is 48.5 Å². The van der Waals surface area contributed by atoms with Crippen molar-refractivity contribution in [2.45, 2.75) is 13.8 Å². The first-order chi connectivity index (χ1) is 11.8. The standard InChI is InChI=1S/C20H22N4/c1-3-24(4-2)19-15-18(16-11-7-5-8-12-16)22-20(23-19)21-17-13-9-6-10-14-17/h5-15H,3-4H2,1-2H3,(H,21,22,23). The normalized spacial score (nSPS) is 10.4. The molecule has 0 fully saturated rings. The summed E-state index contributed by atoms with van der Waals surface area (Å²) in [4.78, 5) is 11.6. The molecule has 0 bridgehead atoms. The highest BCUT2D eigenvalue weighted by atomic mass is 15.2. The van der Waals surface area contributed by atoms with E-state index >= 15 is 0 Å². The summed E-state index contributed by atoms with van der Waals surface area (Å²) in [6, 6.07) is 22.3. The Morgan fingerprint density at radius 1 is 0.833 bits per heavy atom. The summed E-state index contributed by atoms with van der Waals surface area (Å²) < 4.78 is 0. The maximum absolute atomic E-state index is 4.70. The van der Waals surface area contributed by atoms with Crippen molar-refractivity contribution < 1.29 is 0 Å². The highest BCUT2D eigenvalue weighted by Crippen LogP contribution is 2.24. The van der Waals surface area contributed by atoms with Crippen LogP contribution in [0.3, 0.4) is 0 Å². The maximum atomic E-state index is 4.70. The molecule has 0 aliphatic rings. The van der Waals surface area contributed by atoms with E-state index in [1.165, 1.54) is 0 Å². The number of rotatable bonds is 6. The SMILES string of the molecule is CCN(CC)c1cc(-c2ccccc2)nc(Nc2ccccc2)n1. The Kier molecular flexibility index (Phi) is 5.06. The van der Waals surface area contributed by atoms with Gasteiger partial charge in [-0.2, -0.15) is 4.98 Å². The molecule has 0 unspecified atom stereocenters. The molecular formula is C20H22N4. The van der Waals surface area contributed by atoms with Gasteiger partial charge in [-0.1, -0.05) is 48.5 Å². The Balaban J connectivity index is 2.02. The van der Waals surface area contributed by atoms with Crippen LogP contribution in [0.2, 0.25) is 0 Å². The lowest BCUT2D eigenvalue weighted by Gasteiger charge is -2.21. The van der Waals surface area contributed by atoms with Crippen molar-refractivity contribution in [1.29, 1.82) is 0 Å². The fourth-order valence-corrected chi connectivity index (χ4v) is 2.61. The Morgan fingerprint density at radius 2 is 1.46 bits per heavy atom. The lowest BCUT2D eigenvalue weighted by Crippen LogP contribution is -2.23. The van der Waals surface area contributed by atoms with Crippen LogP contribution in [0.5, 0.6) is 0 Å². The van der Waals surface area contributed by atoms with E-state index in [2.05, 4.69) is 42.3 Å². The van der Waals surface area contributed by atoms with E-state index in [0.29, 0.717) is 5.95 Å². The van der Waals surface area contributed by atoms with Crippen LogP contribution >= 0.6 is 0 Å². The van der Waals surface area contributed by atoms with Gasteiger partial charge in [-0.05, 0) is 26.0 Å². The first-order valence-electron chi connectivity index (χ1n) is 8.31. The molecule has 0 saturated carbocycles. The quantitative estimate of drug-likeness (QED) is 0.713. The number of anilines is 3. The highest BCUT2D eigenvalue weighted by Gasteiger charge is 2.11. The third-order valence-corrected chi connectivity index (χ3v) is 3.90. The van der Waals surface area contributed by atoms with E-state index in [1.54, 1.807) is 0 Å². The summed E-state index contributed by atoms with van der Waals surface area (Å²) in [5.74, 6) is 1.55. The van der Waals surface area contributed by atoms with Crippen LogP contribution in [0.25, 0.3) is 11.3 Å². The molecule has 3 rings (SSSR count). The molecule has 0 aliphatic heterocycles. The molecule has 0 saturated heterocycles. The van der Waals surface area contributed by atoms with E-state index in [0.717, 1.165) is 35.9 Å². The molecule has 1 aromatic heterocycles. The largest absolute Gasteiger partial charge is 0.357 e. The zero-order chi connectivity index (χ0) is 16.8. The van der Waals surface area contributed by atoms with Crippen LogP contribution in [0.15, 0.2) is 66.7 Å². The van der Waals surface area contributed by atoms with Crippen LogP contribution in [-0.2, 0) is 0 Å². The molecule has 0 aliphatic carbocycles. The monoisotopic (exact) mass is 318 g/mol. The van der Waals surface area contributed by atoms with Crippen molar-refractivity contribution in [2.24, 2.45) is 0 Å². The number of benzene rings is 2. The molecule has 4 nitrogen and oxygen atoms in total. The molecule has 0 amide bonds. The third-order valence-electron chi connectivity index (χ3n) is 3.90. The van der Waals surface area contributed by atoms with E-state index in [9.17, 15) is 0 Å². The first-order valence-corrected chi connectivity index (χ1v) is 8.31. The van der Waals surface area contributed by atoms with Gasteiger partial charge in [0.1, 0.15) is 5.82 Å². The Bertz CT molecular complexity index is 768. The fraction of sp³-hybridized carbons (Fsp3) is 0.200. The van der Waals surface area contributed by atoms with E-state index < -0.39 is 0 Å². The first kappa shape index (κ1) is 16.0. The van der Waals surface area contributed by atoms with Crippen molar-refractivity contribution in [2.75, 3.05) is 23.3 Å². The topological polar surface area (TPSA) is 41.1 Å². The molecule has 24 heavy (non-hydrogen) atoms. The summed E-state index contributed by atoms with van der Waals surface area (Å²) in [7, 11) is 0.